The highest BCUT2D eigenvalue weighted by Crippen LogP contribution is 2.42. The molecule has 3 rings (SSSR count). The van der Waals surface area contributed by atoms with Crippen LogP contribution in [-0.2, 0) is 9.59 Å². The first-order valence-electron chi connectivity index (χ1n) is 9.89. The molecule has 1 atom stereocenters. The number of rotatable bonds is 6. The highest BCUT2D eigenvalue weighted by atomic mass is 16.5. The van der Waals surface area contributed by atoms with E-state index in [1.807, 2.05) is 51.1 Å². The van der Waals surface area contributed by atoms with Gasteiger partial charge in [-0.25, -0.2) is 0 Å². The molecule has 1 aliphatic rings. The first-order valence-corrected chi connectivity index (χ1v) is 9.89. The number of likely N-dealkylation sites (tertiary alicyclic amines) is 1. The average molecular weight is 393 g/mol. The second-order valence-corrected chi connectivity index (χ2v) is 7.41. The Balaban J connectivity index is 2.25. The predicted molar refractivity (Wildman–Crippen MR) is 113 cm³/mol. The molecule has 0 bridgehead atoms. The second-order valence-electron chi connectivity index (χ2n) is 7.41. The van der Waals surface area contributed by atoms with E-state index in [1.54, 1.807) is 17.0 Å². The minimum atomic E-state index is -0.657. The molecular formula is C24H27NO4. The number of unbranched alkanes of at least 4 members (excludes halogenated alkanes) is 1. The summed E-state index contributed by atoms with van der Waals surface area (Å²) < 4.78 is 5.40. The van der Waals surface area contributed by atoms with Crippen LogP contribution in [0.3, 0.4) is 0 Å². The summed E-state index contributed by atoms with van der Waals surface area (Å²) in [6.07, 6.45) is 1.68. The van der Waals surface area contributed by atoms with E-state index in [4.69, 9.17) is 4.74 Å². The molecule has 1 amide bonds. The van der Waals surface area contributed by atoms with Crippen molar-refractivity contribution in [2.45, 2.75) is 39.7 Å². The normalized spacial score (nSPS) is 18.3. The summed E-state index contributed by atoms with van der Waals surface area (Å²) in [6, 6.07) is 12.4. The largest absolute Gasteiger partial charge is 0.507 e. The smallest absolute Gasteiger partial charge is 0.295 e. The number of Topliss-reactive ketones (excluding diaryl/α,β-unsaturated/α-hetero) is 1. The molecule has 152 valence electrons. The van der Waals surface area contributed by atoms with Crippen LogP contribution in [-0.4, -0.2) is 35.4 Å². The van der Waals surface area contributed by atoms with Crippen molar-refractivity contribution in [2.75, 3.05) is 13.7 Å². The van der Waals surface area contributed by atoms with Crippen LogP contribution >= 0.6 is 0 Å². The minimum Gasteiger partial charge on any atom is -0.507 e. The minimum absolute atomic E-state index is 0.115. The van der Waals surface area contributed by atoms with E-state index < -0.39 is 17.7 Å². The first kappa shape index (κ1) is 20.6. The Labute approximate surface area is 171 Å². The zero-order valence-corrected chi connectivity index (χ0v) is 17.4. The molecule has 0 saturated carbocycles. The number of carbonyl (C=O) groups excluding carboxylic acids is 2. The Morgan fingerprint density at radius 1 is 1.14 bits per heavy atom. The highest BCUT2D eigenvalue weighted by Gasteiger charge is 2.46. The molecule has 5 nitrogen and oxygen atoms in total. The Morgan fingerprint density at radius 2 is 1.86 bits per heavy atom. The molecule has 29 heavy (non-hydrogen) atoms. The Hall–Kier alpha value is -3.08. The van der Waals surface area contributed by atoms with Crippen LogP contribution < -0.4 is 4.74 Å². The molecule has 1 aliphatic heterocycles. The summed E-state index contributed by atoms with van der Waals surface area (Å²) in [5.74, 6) is -0.970. The van der Waals surface area contributed by atoms with Gasteiger partial charge in [0.05, 0.1) is 24.3 Å². The fourth-order valence-corrected chi connectivity index (χ4v) is 3.81. The van der Waals surface area contributed by atoms with Crippen molar-refractivity contribution in [1.82, 2.24) is 4.90 Å². The summed E-state index contributed by atoms with van der Waals surface area (Å²) in [7, 11) is 1.51. The van der Waals surface area contributed by atoms with Crippen LogP contribution in [0.2, 0.25) is 0 Å². The monoisotopic (exact) mass is 393 g/mol. The summed E-state index contributed by atoms with van der Waals surface area (Å²) >= 11 is 0. The van der Waals surface area contributed by atoms with E-state index in [0.29, 0.717) is 17.9 Å². The lowest BCUT2D eigenvalue weighted by molar-refractivity contribution is -0.139. The van der Waals surface area contributed by atoms with Gasteiger partial charge < -0.3 is 14.7 Å². The number of aryl methyl sites for hydroxylation is 2. The number of aliphatic hydroxyl groups excluding tert-OH is 1. The Bertz CT molecular complexity index is 977. The number of hydrogen-bond acceptors (Lipinski definition) is 4. The predicted octanol–water partition coefficient (Wildman–Crippen LogP) is 4.53. The SMILES string of the molecule is CCCCN1C(=O)C(=O)/C(=C(/O)c2cc(C)ccc2OC)C1c1ccccc1C. The maximum Gasteiger partial charge on any atom is 0.295 e. The number of hydrogen-bond donors (Lipinski definition) is 1. The zero-order valence-electron chi connectivity index (χ0n) is 17.4. The van der Waals surface area contributed by atoms with Crippen LogP contribution in [0.4, 0.5) is 0 Å². The molecule has 2 aromatic carbocycles. The fourth-order valence-electron chi connectivity index (χ4n) is 3.81. The third kappa shape index (κ3) is 3.77. The molecule has 1 saturated heterocycles. The molecule has 1 fully saturated rings. The van der Waals surface area contributed by atoms with Gasteiger partial charge in [-0.3, -0.25) is 9.59 Å². The number of aliphatic hydroxyl groups is 1. The van der Waals surface area contributed by atoms with Gasteiger partial charge in [-0.1, -0.05) is 49.2 Å². The Kier molecular flexibility index (Phi) is 6.06. The summed E-state index contributed by atoms with van der Waals surface area (Å²) in [5.41, 5.74) is 3.25. The second kappa shape index (κ2) is 8.52. The fraction of sp³-hybridized carbons (Fsp3) is 0.333. The molecule has 0 spiro atoms. The van der Waals surface area contributed by atoms with Gasteiger partial charge in [0.1, 0.15) is 11.5 Å². The number of ketones is 1. The molecular weight excluding hydrogens is 366 g/mol. The van der Waals surface area contributed by atoms with E-state index in [1.165, 1.54) is 7.11 Å². The van der Waals surface area contributed by atoms with Crippen LogP contribution in [0.15, 0.2) is 48.0 Å². The molecule has 2 aromatic rings. The van der Waals surface area contributed by atoms with E-state index in [2.05, 4.69) is 0 Å². The quantitative estimate of drug-likeness (QED) is 0.445. The third-order valence-corrected chi connectivity index (χ3v) is 5.39. The van der Waals surface area contributed by atoms with Crippen molar-refractivity contribution in [3.63, 3.8) is 0 Å². The maximum atomic E-state index is 13.0. The maximum absolute atomic E-state index is 13.0. The molecule has 0 aliphatic carbocycles. The topological polar surface area (TPSA) is 66.8 Å². The molecule has 0 radical (unpaired) electrons. The molecule has 1 N–H and O–H groups in total. The van der Waals surface area contributed by atoms with Crippen molar-refractivity contribution >= 4 is 17.4 Å². The van der Waals surface area contributed by atoms with Crippen molar-refractivity contribution in [3.05, 3.63) is 70.3 Å². The number of nitrogens with zero attached hydrogens (tertiary/aromatic N) is 1. The number of amides is 1. The van der Waals surface area contributed by atoms with Gasteiger partial charge in [-0.05, 0) is 43.5 Å². The van der Waals surface area contributed by atoms with Gasteiger partial charge in [-0.15, -0.1) is 0 Å². The molecule has 1 unspecified atom stereocenters. The van der Waals surface area contributed by atoms with Crippen molar-refractivity contribution in [2.24, 2.45) is 0 Å². The van der Waals surface area contributed by atoms with Crippen LogP contribution in [0.25, 0.3) is 5.76 Å². The number of ether oxygens (including phenoxy) is 1. The van der Waals surface area contributed by atoms with Crippen molar-refractivity contribution in [1.29, 1.82) is 0 Å². The standard InChI is InChI=1S/C24H27NO4/c1-5-6-13-25-21(17-10-8-7-9-16(17)3)20(23(27)24(25)28)22(26)18-14-15(2)11-12-19(18)29-4/h7-12,14,21,26H,5-6,13H2,1-4H3/b22-20+. The molecule has 1 heterocycles. The van der Waals surface area contributed by atoms with Crippen LogP contribution in [0, 0.1) is 13.8 Å². The van der Waals surface area contributed by atoms with E-state index >= 15 is 0 Å². The van der Waals surface area contributed by atoms with Gasteiger partial charge in [0.25, 0.3) is 11.7 Å². The van der Waals surface area contributed by atoms with Crippen LogP contribution in [0.1, 0.15) is 48.1 Å². The zero-order chi connectivity index (χ0) is 21.1. The summed E-state index contributed by atoms with van der Waals surface area (Å²) in [5, 5.41) is 11.2. The van der Waals surface area contributed by atoms with E-state index in [-0.39, 0.29) is 11.3 Å². The van der Waals surface area contributed by atoms with Crippen molar-refractivity contribution < 1.29 is 19.4 Å². The lowest BCUT2D eigenvalue weighted by Gasteiger charge is -2.26. The summed E-state index contributed by atoms with van der Waals surface area (Å²) in [6.45, 7) is 6.34. The number of benzene rings is 2. The van der Waals surface area contributed by atoms with Crippen LogP contribution in [0.5, 0.6) is 5.75 Å². The third-order valence-electron chi connectivity index (χ3n) is 5.39. The first-order chi connectivity index (χ1) is 13.9. The lowest BCUT2D eigenvalue weighted by Crippen LogP contribution is -2.30. The number of methoxy groups -OCH3 is 1. The lowest BCUT2D eigenvalue weighted by atomic mass is 9.92. The van der Waals surface area contributed by atoms with Gasteiger partial charge in [-0.2, -0.15) is 0 Å². The van der Waals surface area contributed by atoms with E-state index in [9.17, 15) is 14.7 Å². The number of carbonyl (C=O) groups is 2. The summed E-state index contributed by atoms with van der Waals surface area (Å²) in [4.78, 5) is 27.5. The molecule has 0 aromatic heterocycles. The van der Waals surface area contributed by atoms with E-state index in [0.717, 1.165) is 29.5 Å². The van der Waals surface area contributed by atoms with Gasteiger partial charge in [0.15, 0.2) is 0 Å². The molecule has 5 heteroatoms. The van der Waals surface area contributed by atoms with Crippen molar-refractivity contribution in [3.8, 4) is 5.75 Å². The average Bonchev–Trinajstić information content (AvgIpc) is 2.96. The van der Waals surface area contributed by atoms with Gasteiger partial charge in [0, 0.05) is 6.54 Å². The van der Waals surface area contributed by atoms with Gasteiger partial charge >= 0.3 is 0 Å². The highest BCUT2D eigenvalue weighted by molar-refractivity contribution is 6.46. The Morgan fingerprint density at radius 3 is 2.52 bits per heavy atom. The van der Waals surface area contributed by atoms with Gasteiger partial charge in [0.2, 0.25) is 0 Å².